The molecule has 0 unspecified atom stereocenters. The van der Waals surface area contributed by atoms with Crippen molar-refractivity contribution in [3.63, 3.8) is 0 Å². The number of carbonyl (C=O) groups is 2. The lowest BCUT2D eigenvalue weighted by atomic mass is 10.1. The first-order chi connectivity index (χ1) is 13.4. The van der Waals surface area contributed by atoms with E-state index in [0.717, 1.165) is 5.56 Å². The van der Waals surface area contributed by atoms with Crippen molar-refractivity contribution in [1.29, 1.82) is 0 Å². The van der Waals surface area contributed by atoms with E-state index in [1.54, 1.807) is 29.2 Å². The summed E-state index contributed by atoms with van der Waals surface area (Å²) in [5.41, 5.74) is 1.44. The van der Waals surface area contributed by atoms with Gasteiger partial charge in [-0.1, -0.05) is 66.0 Å². The molecule has 150 valence electrons. The highest BCUT2D eigenvalue weighted by molar-refractivity contribution is 6.35. The fourth-order valence-corrected chi connectivity index (χ4v) is 3.62. The van der Waals surface area contributed by atoms with Gasteiger partial charge in [-0.3, -0.25) is 9.59 Å². The van der Waals surface area contributed by atoms with E-state index in [4.69, 9.17) is 34.8 Å². The van der Waals surface area contributed by atoms with Crippen molar-refractivity contribution >= 4 is 46.6 Å². The Morgan fingerprint density at radius 2 is 1.71 bits per heavy atom. The van der Waals surface area contributed by atoms with Crippen LogP contribution in [0.5, 0.6) is 0 Å². The summed E-state index contributed by atoms with van der Waals surface area (Å²) >= 11 is 18.5. The van der Waals surface area contributed by atoms with Crippen molar-refractivity contribution in [2.75, 3.05) is 6.54 Å². The summed E-state index contributed by atoms with van der Waals surface area (Å²) in [5, 5.41) is 4.28. The molecule has 28 heavy (non-hydrogen) atoms. The van der Waals surface area contributed by atoms with Crippen LogP contribution in [-0.2, 0) is 22.6 Å². The van der Waals surface area contributed by atoms with E-state index in [9.17, 15) is 9.59 Å². The molecule has 2 aromatic rings. The third kappa shape index (κ3) is 5.87. The maximum atomic E-state index is 13.2. The molecule has 0 aliphatic carbocycles. The number of halogens is 3. The molecule has 2 amide bonds. The third-order valence-electron chi connectivity index (χ3n) is 4.39. The molecular weight excluding hydrogens is 419 g/mol. The average Bonchev–Trinajstić information content (AvgIpc) is 2.65. The molecule has 0 saturated carbocycles. The van der Waals surface area contributed by atoms with E-state index in [1.165, 1.54) is 0 Å². The number of hydrogen-bond donors (Lipinski definition) is 1. The zero-order valence-corrected chi connectivity index (χ0v) is 18.1. The first-order valence-corrected chi connectivity index (χ1v) is 10.2. The first-order valence-electron chi connectivity index (χ1n) is 9.11. The van der Waals surface area contributed by atoms with Gasteiger partial charge in [-0.05, 0) is 42.7 Å². The fourth-order valence-electron chi connectivity index (χ4n) is 2.95. The Morgan fingerprint density at radius 1 is 1.00 bits per heavy atom. The van der Waals surface area contributed by atoms with E-state index >= 15 is 0 Å². The van der Waals surface area contributed by atoms with Crippen LogP contribution in [0.3, 0.4) is 0 Å². The molecule has 0 aromatic heterocycles. The molecule has 0 radical (unpaired) electrons. The molecule has 4 nitrogen and oxygen atoms in total. The zero-order valence-electron chi connectivity index (χ0n) is 15.8. The standard InChI is InChI=1S/C21H23Cl3N2O2/c1-3-19(21(28)25-4-2)26(13-15-7-5-6-8-17(15)23)20(27)11-14-9-10-16(22)12-18(14)24/h5-10,12,19H,3-4,11,13H2,1-2H3,(H,25,28)/t19-/m1/s1. The van der Waals surface area contributed by atoms with Gasteiger partial charge in [0.25, 0.3) is 0 Å². The summed E-state index contributed by atoms with van der Waals surface area (Å²) in [6.07, 6.45) is 0.548. The van der Waals surface area contributed by atoms with Gasteiger partial charge in [0, 0.05) is 28.2 Å². The van der Waals surface area contributed by atoms with Crippen molar-refractivity contribution in [3.8, 4) is 0 Å². The minimum absolute atomic E-state index is 0.0658. The minimum atomic E-state index is -0.602. The summed E-state index contributed by atoms with van der Waals surface area (Å²) in [5.74, 6) is -0.394. The monoisotopic (exact) mass is 440 g/mol. The molecule has 2 rings (SSSR count). The van der Waals surface area contributed by atoms with Crippen LogP contribution in [0, 0.1) is 0 Å². The van der Waals surface area contributed by atoms with Crippen LogP contribution in [0.15, 0.2) is 42.5 Å². The Labute approximate surface area is 180 Å². The number of rotatable bonds is 8. The topological polar surface area (TPSA) is 49.4 Å². The van der Waals surface area contributed by atoms with Crippen LogP contribution in [0.2, 0.25) is 15.1 Å². The van der Waals surface area contributed by atoms with E-state index in [-0.39, 0.29) is 24.8 Å². The second-order valence-electron chi connectivity index (χ2n) is 6.34. The molecule has 0 saturated heterocycles. The second kappa shape index (κ2) is 10.7. The quantitative estimate of drug-likeness (QED) is 0.617. The van der Waals surface area contributed by atoms with Gasteiger partial charge in [0.05, 0.1) is 6.42 Å². The number of carbonyl (C=O) groups excluding carboxylic acids is 2. The van der Waals surface area contributed by atoms with Gasteiger partial charge in [0.1, 0.15) is 6.04 Å². The second-order valence-corrected chi connectivity index (χ2v) is 7.60. The van der Waals surface area contributed by atoms with Gasteiger partial charge in [-0.2, -0.15) is 0 Å². The number of benzene rings is 2. The largest absolute Gasteiger partial charge is 0.355 e. The predicted octanol–water partition coefficient (Wildman–Crippen LogP) is 5.13. The van der Waals surface area contributed by atoms with E-state index in [1.807, 2.05) is 32.0 Å². The van der Waals surface area contributed by atoms with E-state index in [0.29, 0.717) is 33.6 Å². The first kappa shape index (κ1) is 22.5. The number of nitrogens with one attached hydrogen (secondary N) is 1. The van der Waals surface area contributed by atoms with Crippen molar-refractivity contribution in [3.05, 3.63) is 68.7 Å². The van der Waals surface area contributed by atoms with Crippen LogP contribution in [0.1, 0.15) is 31.4 Å². The fraction of sp³-hybridized carbons (Fsp3) is 0.333. The highest BCUT2D eigenvalue weighted by Gasteiger charge is 2.29. The Balaban J connectivity index is 2.33. The van der Waals surface area contributed by atoms with Crippen molar-refractivity contribution < 1.29 is 9.59 Å². The van der Waals surface area contributed by atoms with Gasteiger partial charge in [0.2, 0.25) is 11.8 Å². The lowest BCUT2D eigenvalue weighted by molar-refractivity contribution is -0.140. The van der Waals surface area contributed by atoms with Crippen LogP contribution in [0.4, 0.5) is 0 Å². The van der Waals surface area contributed by atoms with Gasteiger partial charge in [-0.15, -0.1) is 0 Å². The Morgan fingerprint density at radius 3 is 2.32 bits per heavy atom. The van der Waals surface area contributed by atoms with Crippen LogP contribution in [-0.4, -0.2) is 29.3 Å². The molecule has 7 heteroatoms. The van der Waals surface area contributed by atoms with Gasteiger partial charge < -0.3 is 10.2 Å². The van der Waals surface area contributed by atoms with Gasteiger partial charge in [-0.25, -0.2) is 0 Å². The Bertz CT molecular complexity index is 842. The highest BCUT2D eigenvalue weighted by Crippen LogP contribution is 2.24. The molecule has 0 aliphatic rings. The summed E-state index contributed by atoms with van der Waals surface area (Å²) in [6.45, 7) is 4.45. The number of hydrogen-bond acceptors (Lipinski definition) is 2. The molecular formula is C21H23Cl3N2O2. The lowest BCUT2D eigenvalue weighted by Crippen LogP contribution is -2.49. The predicted molar refractivity (Wildman–Crippen MR) is 115 cm³/mol. The molecule has 1 N–H and O–H groups in total. The average molecular weight is 442 g/mol. The normalized spacial score (nSPS) is 11.8. The van der Waals surface area contributed by atoms with Crippen LogP contribution < -0.4 is 5.32 Å². The summed E-state index contributed by atoms with van der Waals surface area (Å²) in [7, 11) is 0. The summed E-state index contributed by atoms with van der Waals surface area (Å²) in [4.78, 5) is 27.3. The highest BCUT2D eigenvalue weighted by atomic mass is 35.5. The Kier molecular flexibility index (Phi) is 8.61. The number of amides is 2. The molecule has 0 heterocycles. The van der Waals surface area contributed by atoms with E-state index in [2.05, 4.69) is 5.32 Å². The van der Waals surface area contributed by atoms with Crippen molar-refractivity contribution in [2.45, 2.75) is 39.3 Å². The molecule has 2 aromatic carbocycles. The number of nitrogens with zero attached hydrogens (tertiary/aromatic N) is 1. The van der Waals surface area contributed by atoms with Crippen LogP contribution >= 0.6 is 34.8 Å². The summed E-state index contributed by atoms with van der Waals surface area (Å²) < 4.78 is 0. The van der Waals surface area contributed by atoms with Crippen molar-refractivity contribution in [2.24, 2.45) is 0 Å². The van der Waals surface area contributed by atoms with Gasteiger partial charge >= 0.3 is 0 Å². The number of likely N-dealkylation sites (N-methyl/N-ethyl adjacent to an activating group) is 1. The molecule has 0 fully saturated rings. The lowest BCUT2D eigenvalue weighted by Gasteiger charge is -2.31. The zero-order chi connectivity index (χ0) is 20.7. The molecule has 0 spiro atoms. The maximum absolute atomic E-state index is 13.2. The summed E-state index contributed by atoms with van der Waals surface area (Å²) in [6, 6.07) is 11.7. The minimum Gasteiger partial charge on any atom is -0.355 e. The third-order valence-corrected chi connectivity index (χ3v) is 5.35. The van der Waals surface area contributed by atoms with Crippen LogP contribution in [0.25, 0.3) is 0 Å². The smallest absolute Gasteiger partial charge is 0.242 e. The SMILES string of the molecule is CCNC(=O)[C@@H](CC)N(Cc1ccccc1Cl)C(=O)Cc1ccc(Cl)cc1Cl. The molecule has 0 bridgehead atoms. The van der Waals surface area contributed by atoms with Gasteiger partial charge in [0.15, 0.2) is 0 Å². The van der Waals surface area contributed by atoms with E-state index < -0.39 is 6.04 Å². The maximum Gasteiger partial charge on any atom is 0.242 e. The molecule has 1 atom stereocenters. The molecule has 0 aliphatic heterocycles. The Hall–Kier alpha value is -1.75. The van der Waals surface area contributed by atoms with Crippen molar-refractivity contribution in [1.82, 2.24) is 10.2 Å².